The molecule has 19 heavy (non-hydrogen) atoms. The fourth-order valence-corrected chi connectivity index (χ4v) is 1.66. The highest BCUT2D eigenvalue weighted by Gasteiger charge is 2.12. The number of aryl methyl sites for hydroxylation is 2. The molecule has 0 amide bonds. The van der Waals surface area contributed by atoms with Crippen molar-refractivity contribution < 1.29 is 9.94 Å². The van der Waals surface area contributed by atoms with E-state index < -0.39 is 0 Å². The highest BCUT2D eigenvalue weighted by atomic mass is 16.5. The molecule has 0 fully saturated rings. The van der Waals surface area contributed by atoms with Crippen molar-refractivity contribution in [2.75, 3.05) is 0 Å². The van der Waals surface area contributed by atoms with Gasteiger partial charge in [0.25, 0.3) is 0 Å². The van der Waals surface area contributed by atoms with Crippen molar-refractivity contribution in [2.24, 2.45) is 10.9 Å². The summed E-state index contributed by atoms with van der Waals surface area (Å²) in [5, 5.41) is 19.3. The molecule has 0 aliphatic rings. The van der Waals surface area contributed by atoms with Gasteiger partial charge in [-0.25, -0.2) is 0 Å². The Bertz CT molecular complexity index is 626. The Morgan fingerprint density at radius 3 is 2.79 bits per heavy atom. The molecule has 98 valence electrons. The Hall–Kier alpha value is -2.63. The van der Waals surface area contributed by atoms with E-state index in [4.69, 9.17) is 15.7 Å². The first kappa shape index (κ1) is 12.8. The Kier molecular flexibility index (Phi) is 3.61. The van der Waals surface area contributed by atoms with Crippen LogP contribution in [0.5, 0.6) is 11.6 Å². The monoisotopic (exact) mass is 258 g/mol. The number of oxime groups is 1. The fourth-order valence-electron chi connectivity index (χ4n) is 1.66. The van der Waals surface area contributed by atoms with Crippen molar-refractivity contribution >= 4 is 5.84 Å². The van der Waals surface area contributed by atoms with Crippen LogP contribution in [0.4, 0.5) is 0 Å². The van der Waals surface area contributed by atoms with Crippen molar-refractivity contribution in [1.29, 1.82) is 0 Å². The number of ether oxygens (including phenoxy) is 1. The largest absolute Gasteiger partial charge is 0.437 e. The van der Waals surface area contributed by atoms with Crippen molar-refractivity contribution in [2.45, 2.75) is 13.8 Å². The molecule has 6 heteroatoms. The minimum Gasteiger partial charge on any atom is -0.437 e. The summed E-state index contributed by atoms with van der Waals surface area (Å²) in [6.07, 6.45) is 1.45. The number of aromatic nitrogens is 2. The molecule has 3 N–H and O–H groups in total. The third kappa shape index (κ3) is 2.79. The lowest BCUT2D eigenvalue weighted by molar-refractivity contribution is 0.318. The first-order chi connectivity index (χ1) is 9.11. The van der Waals surface area contributed by atoms with Crippen LogP contribution in [0.1, 0.15) is 16.7 Å². The standard InChI is InChI=1S/C13H14N4O2/c1-8-3-4-11(9(2)7-8)19-13-10(12(14)17-18)5-6-15-16-13/h3-7,18H,1-2H3,(H2,14,17). The van der Waals surface area contributed by atoms with Gasteiger partial charge in [-0.05, 0) is 31.5 Å². The Morgan fingerprint density at radius 1 is 1.32 bits per heavy atom. The second-order valence-electron chi connectivity index (χ2n) is 4.11. The molecule has 2 rings (SSSR count). The summed E-state index contributed by atoms with van der Waals surface area (Å²) in [7, 11) is 0. The maximum Gasteiger partial charge on any atom is 0.250 e. The lowest BCUT2D eigenvalue weighted by Gasteiger charge is -2.10. The quantitative estimate of drug-likeness (QED) is 0.380. The summed E-state index contributed by atoms with van der Waals surface area (Å²) in [5.41, 5.74) is 8.06. The van der Waals surface area contributed by atoms with E-state index >= 15 is 0 Å². The van der Waals surface area contributed by atoms with Gasteiger partial charge in [0, 0.05) is 0 Å². The molecule has 0 saturated carbocycles. The summed E-state index contributed by atoms with van der Waals surface area (Å²) in [5.74, 6) is 0.775. The Balaban J connectivity index is 2.38. The van der Waals surface area contributed by atoms with Crippen molar-refractivity contribution in [3.8, 4) is 11.6 Å². The number of nitrogens with two attached hydrogens (primary N) is 1. The van der Waals surface area contributed by atoms with Gasteiger partial charge in [-0.15, -0.1) is 5.10 Å². The number of amidine groups is 1. The molecule has 0 aliphatic heterocycles. The number of hydrogen-bond acceptors (Lipinski definition) is 5. The normalized spacial score (nSPS) is 11.4. The molecule has 0 spiro atoms. The zero-order valence-electron chi connectivity index (χ0n) is 10.7. The van der Waals surface area contributed by atoms with Crippen LogP contribution >= 0.6 is 0 Å². The minimum absolute atomic E-state index is 0.0744. The van der Waals surface area contributed by atoms with Gasteiger partial charge in [0.05, 0.1) is 11.8 Å². The van der Waals surface area contributed by atoms with Crippen molar-refractivity contribution in [3.05, 3.63) is 47.2 Å². The maximum atomic E-state index is 8.73. The van der Waals surface area contributed by atoms with Crippen molar-refractivity contribution in [1.82, 2.24) is 10.2 Å². The average Bonchev–Trinajstić information content (AvgIpc) is 2.41. The Morgan fingerprint density at radius 2 is 2.11 bits per heavy atom. The topological polar surface area (TPSA) is 93.6 Å². The van der Waals surface area contributed by atoms with E-state index in [0.29, 0.717) is 11.3 Å². The highest BCUT2D eigenvalue weighted by molar-refractivity contribution is 5.98. The molecule has 1 aromatic carbocycles. The zero-order valence-corrected chi connectivity index (χ0v) is 10.7. The minimum atomic E-state index is -0.0744. The SMILES string of the molecule is Cc1ccc(Oc2nnccc2/C(N)=N/O)c(C)c1. The third-order valence-corrected chi connectivity index (χ3v) is 2.61. The van der Waals surface area contributed by atoms with Gasteiger partial charge < -0.3 is 15.7 Å². The molecule has 0 aliphatic carbocycles. The van der Waals surface area contributed by atoms with Crippen LogP contribution in [-0.2, 0) is 0 Å². The van der Waals surface area contributed by atoms with E-state index in [-0.39, 0.29) is 11.7 Å². The molecule has 0 unspecified atom stereocenters. The van der Waals surface area contributed by atoms with Crippen LogP contribution in [0, 0.1) is 13.8 Å². The van der Waals surface area contributed by atoms with E-state index in [1.807, 2.05) is 32.0 Å². The van der Waals surface area contributed by atoms with Crippen molar-refractivity contribution in [3.63, 3.8) is 0 Å². The molecular weight excluding hydrogens is 244 g/mol. The molecule has 0 bridgehead atoms. The summed E-state index contributed by atoms with van der Waals surface area (Å²) in [4.78, 5) is 0. The van der Waals surface area contributed by atoms with Gasteiger partial charge in [0.15, 0.2) is 5.84 Å². The third-order valence-electron chi connectivity index (χ3n) is 2.61. The van der Waals surface area contributed by atoms with Crippen LogP contribution in [0.25, 0.3) is 0 Å². The lowest BCUT2D eigenvalue weighted by Crippen LogP contribution is -2.15. The lowest BCUT2D eigenvalue weighted by atomic mass is 10.1. The van der Waals surface area contributed by atoms with E-state index in [2.05, 4.69) is 15.4 Å². The predicted molar refractivity (Wildman–Crippen MR) is 70.5 cm³/mol. The fraction of sp³-hybridized carbons (Fsp3) is 0.154. The first-order valence-corrected chi connectivity index (χ1v) is 5.66. The van der Waals surface area contributed by atoms with E-state index in [1.54, 1.807) is 6.07 Å². The average molecular weight is 258 g/mol. The first-order valence-electron chi connectivity index (χ1n) is 5.66. The van der Waals surface area contributed by atoms with Gasteiger partial charge in [-0.3, -0.25) is 0 Å². The molecular formula is C13H14N4O2. The Labute approximate surface area is 110 Å². The van der Waals surface area contributed by atoms with Crippen LogP contribution in [0.2, 0.25) is 0 Å². The molecule has 6 nitrogen and oxygen atoms in total. The van der Waals surface area contributed by atoms with Crippen LogP contribution in [0.3, 0.4) is 0 Å². The smallest absolute Gasteiger partial charge is 0.250 e. The van der Waals surface area contributed by atoms with Gasteiger partial charge in [0.1, 0.15) is 5.75 Å². The van der Waals surface area contributed by atoms with Crippen LogP contribution in [0.15, 0.2) is 35.6 Å². The second-order valence-corrected chi connectivity index (χ2v) is 4.11. The zero-order chi connectivity index (χ0) is 13.8. The number of benzene rings is 1. The molecule has 0 saturated heterocycles. The van der Waals surface area contributed by atoms with Gasteiger partial charge in [0.2, 0.25) is 5.88 Å². The van der Waals surface area contributed by atoms with Crippen LogP contribution < -0.4 is 10.5 Å². The second kappa shape index (κ2) is 5.34. The van der Waals surface area contributed by atoms with E-state index in [1.165, 1.54) is 6.20 Å². The summed E-state index contributed by atoms with van der Waals surface area (Å²) in [6, 6.07) is 7.34. The van der Waals surface area contributed by atoms with Gasteiger partial charge in [-0.1, -0.05) is 22.9 Å². The molecule has 0 radical (unpaired) electrons. The summed E-state index contributed by atoms with van der Waals surface area (Å²) in [6.45, 7) is 3.93. The highest BCUT2D eigenvalue weighted by Crippen LogP contribution is 2.26. The molecule has 2 aromatic rings. The molecule has 1 heterocycles. The van der Waals surface area contributed by atoms with Gasteiger partial charge in [-0.2, -0.15) is 5.10 Å². The number of nitrogens with zero attached hydrogens (tertiary/aromatic N) is 3. The molecule has 1 aromatic heterocycles. The predicted octanol–water partition coefficient (Wildman–Crippen LogP) is 1.98. The van der Waals surface area contributed by atoms with Crippen LogP contribution in [-0.4, -0.2) is 21.2 Å². The maximum absolute atomic E-state index is 8.73. The molecule has 0 atom stereocenters. The van der Waals surface area contributed by atoms with Gasteiger partial charge >= 0.3 is 0 Å². The summed E-state index contributed by atoms with van der Waals surface area (Å²) < 4.78 is 5.67. The summed E-state index contributed by atoms with van der Waals surface area (Å²) >= 11 is 0. The van der Waals surface area contributed by atoms with E-state index in [9.17, 15) is 0 Å². The number of hydrogen-bond donors (Lipinski definition) is 2. The van der Waals surface area contributed by atoms with E-state index in [0.717, 1.165) is 11.1 Å². The number of rotatable bonds is 3.